The van der Waals surface area contributed by atoms with Crippen molar-refractivity contribution in [1.82, 2.24) is 20.1 Å². The number of nitrogens with one attached hydrogen (secondary N) is 2. The van der Waals surface area contributed by atoms with Crippen molar-refractivity contribution in [3.05, 3.63) is 32.1 Å². The van der Waals surface area contributed by atoms with Crippen molar-refractivity contribution in [2.24, 2.45) is 7.05 Å². The van der Waals surface area contributed by atoms with Gasteiger partial charge >= 0.3 is 4.87 Å². The summed E-state index contributed by atoms with van der Waals surface area (Å²) in [5.74, 6) is -0.306. The smallest absolute Gasteiger partial charge is 0.304 e. The van der Waals surface area contributed by atoms with Crippen molar-refractivity contribution >= 4 is 22.9 Å². The average molecular weight is 281 g/mol. The number of carbonyl (C=O) groups excluding carboxylic acids is 1. The molecule has 2 heterocycles. The highest BCUT2D eigenvalue weighted by molar-refractivity contribution is 7.07. The van der Waals surface area contributed by atoms with Crippen molar-refractivity contribution in [2.45, 2.75) is 19.9 Å². The molecule has 19 heavy (non-hydrogen) atoms. The minimum Gasteiger partial charge on any atom is -0.395 e. The van der Waals surface area contributed by atoms with Gasteiger partial charge in [-0.2, -0.15) is 5.10 Å². The molecule has 0 atom stereocenters. The van der Waals surface area contributed by atoms with Gasteiger partial charge in [0, 0.05) is 18.1 Å². The first-order chi connectivity index (χ1) is 9.02. The predicted molar refractivity (Wildman–Crippen MR) is 73.1 cm³/mol. The number of amides is 1. The number of H-pyrrole nitrogens is 1. The number of nitrogen functional groups attached to an aromatic ring is 1. The second-order valence-corrected chi connectivity index (χ2v) is 4.88. The Bertz CT molecular complexity index is 654. The molecule has 0 aliphatic heterocycles. The topological polar surface area (TPSA) is 106 Å². The molecule has 0 saturated carbocycles. The summed E-state index contributed by atoms with van der Waals surface area (Å²) in [6.45, 7) is 2.18. The maximum Gasteiger partial charge on any atom is 0.304 e. The average Bonchev–Trinajstić information content (AvgIpc) is 2.90. The highest BCUT2D eigenvalue weighted by Crippen LogP contribution is 2.16. The summed E-state index contributed by atoms with van der Waals surface area (Å²) in [4.78, 5) is 25.5. The lowest BCUT2D eigenvalue weighted by atomic mass is 10.2. The number of nitrogens with two attached hydrogens (primary N) is 1. The van der Waals surface area contributed by atoms with Crippen molar-refractivity contribution in [3.63, 3.8) is 0 Å². The molecule has 0 aliphatic rings. The number of hydrogen-bond acceptors (Lipinski definition) is 5. The Labute approximate surface area is 113 Å². The van der Waals surface area contributed by atoms with Crippen LogP contribution >= 0.6 is 11.3 Å². The van der Waals surface area contributed by atoms with Gasteiger partial charge in [0.05, 0.1) is 17.9 Å². The van der Waals surface area contributed by atoms with Crippen LogP contribution in [-0.2, 0) is 20.0 Å². The molecule has 0 saturated heterocycles. The first-order valence-corrected chi connectivity index (χ1v) is 6.67. The molecule has 0 spiro atoms. The Balaban J connectivity index is 2.12. The summed E-state index contributed by atoms with van der Waals surface area (Å²) in [7, 11) is 1.68. The SMILES string of the molecule is CCc1nn(C)c(C(=O)NCc2csc(=O)[nH]2)c1N. The van der Waals surface area contributed by atoms with E-state index in [4.69, 9.17) is 5.73 Å². The third-order valence-electron chi connectivity index (χ3n) is 2.72. The summed E-state index contributed by atoms with van der Waals surface area (Å²) in [6, 6.07) is 0. The number of aromatic amines is 1. The van der Waals surface area contributed by atoms with E-state index in [0.717, 1.165) is 11.3 Å². The van der Waals surface area contributed by atoms with Crippen molar-refractivity contribution in [3.8, 4) is 0 Å². The molecule has 2 aromatic rings. The van der Waals surface area contributed by atoms with Crippen LogP contribution < -0.4 is 15.9 Å². The Morgan fingerprint density at radius 2 is 2.37 bits per heavy atom. The highest BCUT2D eigenvalue weighted by atomic mass is 32.1. The molecule has 7 nitrogen and oxygen atoms in total. The van der Waals surface area contributed by atoms with E-state index in [2.05, 4.69) is 15.4 Å². The number of thiazole rings is 1. The van der Waals surface area contributed by atoms with Crippen LogP contribution in [0.5, 0.6) is 0 Å². The van der Waals surface area contributed by atoms with E-state index >= 15 is 0 Å². The zero-order valence-corrected chi connectivity index (χ0v) is 11.5. The van der Waals surface area contributed by atoms with E-state index < -0.39 is 0 Å². The standard InChI is InChI=1S/C11H15N5O2S/c1-3-7-8(12)9(16(2)15-7)10(17)13-4-6-5-19-11(18)14-6/h5H,3-4,12H2,1-2H3,(H,13,17)(H,14,18). The predicted octanol–water partition coefficient (Wildman–Crippen LogP) is 0.244. The van der Waals surface area contributed by atoms with Gasteiger partial charge in [0.25, 0.3) is 5.91 Å². The van der Waals surface area contributed by atoms with Gasteiger partial charge in [-0.25, -0.2) is 0 Å². The molecule has 0 aliphatic carbocycles. The van der Waals surface area contributed by atoms with Gasteiger partial charge in [-0.1, -0.05) is 18.3 Å². The van der Waals surface area contributed by atoms with Crippen molar-refractivity contribution < 1.29 is 4.79 Å². The second-order valence-electron chi connectivity index (χ2n) is 4.04. The fourth-order valence-corrected chi connectivity index (χ4v) is 2.37. The van der Waals surface area contributed by atoms with Gasteiger partial charge in [-0.05, 0) is 6.42 Å². The van der Waals surface area contributed by atoms with E-state index in [0.29, 0.717) is 29.2 Å². The third-order valence-corrected chi connectivity index (χ3v) is 3.44. The molecule has 0 bridgehead atoms. The number of aryl methyl sites for hydroxylation is 2. The summed E-state index contributed by atoms with van der Waals surface area (Å²) in [5.41, 5.74) is 8.01. The van der Waals surface area contributed by atoms with E-state index in [1.54, 1.807) is 12.4 Å². The number of rotatable bonds is 4. The molecule has 0 radical (unpaired) electrons. The van der Waals surface area contributed by atoms with Crippen molar-refractivity contribution in [1.29, 1.82) is 0 Å². The van der Waals surface area contributed by atoms with Crippen molar-refractivity contribution in [2.75, 3.05) is 5.73 Å². The lowest BCUT2D eigenvalue weighted by molar-refractivity contribution is 0.0942. The Morgan fingerprint density at radius 1 is 1.63 bits per heavy atom. The van der Waals surface area contributed by atoms with Gasteiger partial charge in [0.15, 0.2) is 0 Å². The van der Waals surface area contributed by atoms with Crippen LogP contribution in [-0.4, -0.2) is 20.7 Å². The molecule has 0 unspecified atom stereocenters. The molecular formula is C11H15N5O2S. The summed E-state index contributed by atoms with van der Waals surface area (Å²) in [5, 5.41) is 8.56. The monoisotopic (exact) mass is 281 g/mol. The fourth-order valence-electron chi connectivity index (χ4n) is 1.79. The second kappa shape index (κ2) is 5.27. The molecule has 8 heteroatoms. The molecule has 102 valence electrons. The maximum atomic E-state index is 12.1. The highest BCUT2D eigenvalue weighted by Gasteiger charge is 2.18. The molecule has 1 amide bonds. The quantitative estimate of drug-likeness (QED) is 0.746. The van der Waals surface area contributed by atoms with E-state index in [1.165, 1.54) is 4.68 Å². The Morgan fingerprint density at radius 3 is 2.89 bits per heavy atom. The molecule has 0 aromatic carbocycles. The first-order valence-electron chi connectivity index (χ1n) is 5.79. The van der Waals surface area contributed by atoms with E-state index in [-0.39, 0.29) is 17.3 Å². The summed E-state index contributed by atoms with van der Waals surface area (Å²) >= 11 is 1.06. The number of anilines is 1. The molecule has 0 fully saturated rings. The van der Waals surface area contributed by atoms with E-state index in [9.17, 15) is 9.59 Å². The lowest BCUT2D eigenvalue weighted by Gasteiger charge is -2.04. The van der Waals surface area contributed by atoms with Crippen LogP contribution in [0.3, 0.4) is 0 Å². The van der Waals surface area contributed by atoms with Gasteiger partial charge in [-0.3, -0.25) is 14.3 Å². The minimum atomic E-state index is -0.306. The van der Waals surface area contributed by atoms with Gasteiger partial charge in [0.2, 0.25) is 0 Å². The van der Waals surface area contributed by atoms with Crippen LogP contribution in [0, 0.1) is 0 Å². The zero-order valence-electron chi connectivity index (χ0n) is 10.7. The van der Waals surface area contributed by atoms with Gasteiger partial charge in [0.1, 0.15) is 5.69 Å². The largest absolute Gasteiger partial charge is 0.395 e. The van der Waals surface area contributed by atoms with Crippen LogP contribution in [0.1, 0.15) is 28.8 Å². The first kappa shape index (κ1) is 13.3. The van der Waals surface area contributed by atoms with Gasteiger partial charge in [-0.15, -0.1) is 0 Å². The van der Waals surface area contributed by atoms with Crippen LogP contribution in [0.4, 0.5) is 5.69 Å². The lowest BCUT2D eigenvalue weighted by Crippen LogP contribution is -2.26. The Hall–Kier alpha value is -2.09. The fraction of sp³-hybridized carbons (Fsp3) is 0.364. The van der Waals surface area contributed by atoms with Crippen LogP contribution in [0.2, 0.25) is 0 Å². The molecule has 2 aromatic heterocycles. The normalized spacial score (nSPS) is 10.6. The van der Waals surface area contributed by atoms with Gasteiger partial charge < -0.3 is 16.0 Å². The number of aromatic nitrogens is 3. The Kier molecular flexibility index (Phi) is 3.70. The molecule has 4 N–H and O–H groups in total. The van der Waals surface area contributed by atoms with Crippen LogP contribution in [0.15, 0.2) is 10.2 Å². The zero-order chi connectivity index (χ0) is 14.0. The minimum absolute atomic E-state index is 0.141. The third kappa shape index (κ3) is 2.68. The number of hydrogen-bond donors (Lipinski definition) is 3. The van der Waals surface area contributed by atoms with E-state index in [1.807, 2.05) is 6.92 Å². The maximum absolute atomic E-state index is 12.1. The molecule has 2 rings (SSSR count). The summed E-state index contributed by atoms with van der Waals surface area (Å²) in [6.07, 6.45) is 0.671. The number of nitrogens with zero attached hydrogens (tertiary/aromatic N) is 2. The molecular weight excluding hydrogens is 266 g/mol. The number of carbonyl (C=O) groups is 1. The summed E-state index contributed by atoms with van der Waals surface area (Å²) < 4.78 is 1.47. The van der Waals surface area contributed by atoms with Crippen LogP contribution in [0.25, 0.3) is 0 Å².